The lowest BCUT2D eigenvalue weighted by Crippen LogP contribution is -2.42. The molecule has 0 unspecified atom stereocenters. The number of carbonyl (C=O) groups excluding carboxylic acids is 4. The third-order valence-electron chi connectivity index (χ3n) is 11.6. The topological polar surface area (TPSA) is 228 Å². The lowest BCUT2D eigenvalue weighted by Gasteiger charge is -2.26. The predicted octanol–water partition coefficient (Wildman–Crippen LogP) is 3.46. The number of aryl methyl sites for hydroxylation is 2. The number of nitrogens with zero attached hydrogens (tertiary/aromatic N) is 7. The van der Waals surface area contributed by atoms with E-state index in [4.69, 9.17) is 23.2 Å². The number of nitrogens with one attached hydrogen (secondary N) is 3. The third kappa shape index (κ3) is 12.5. The molecule has 342 valence electrons. The van der Waals surface area contributed by atoms with E-state index >= 15 is 0 Å². The van der Waals surface area contributed by atoms with Crippen LogP contribution >= 0.6 is 23.2 Å². The molecule has 2 aliphatic carbocycles. The fraction of sp³-hybridized carbons (Fsp3) is 0.535. The van der Waals surface area contributed by atoms with Crippen LogP contribution in [0, 0.1) is 13.8 Å². The maximum Gasteiger partial charge on any atom is 0.351 e. The first-order valence-electron chi connectivity index (χ1n) is 21.2. The van der Waals surface area contributed by atoms with Gasteiger partial charge in [-0.1, -0.05) is 74.6 Å². The smallest absolute Gasteiger partial charge is 0.351 e. The highest BCUT2D eigenvalue weighted by Crippen LogP contribution is 2.28. The Bertz CT molecular complexity index is 2400. The van der Waals surface area contributed by atoms with Crippen molar-refractivity contribution < 1.29 is 29.4 Å². The second-order valence-corrected chi connectivity index (χ2v) is 17.4. The number of likely N-dealkylation sites (N-methyl/N-ethyl adjacent to an activating group) is 2. The quantitative estimate of drug-likeness (QED) is 0.130. The number of halogens is 2. The van der Waals surface area contributed by atoms with Gasteiger partial charge in [0, 0.05) is 34.2 Å². The summed E-state index contributed by atoms with van der Waals surface area (Å²) in [7, 11) is 4.72. The molecule has 6 rings (SSSR count). The van der Waals surface area contributed by atoms with E-state index < -0.39 is 34.4 Å². The first-order chi connectivity index (χ1) is 29.8. The fourth-order valence-electron chi connectivity index (χ4n) is 7.63. The van der Waals surface area contributed by atoms with Crippen molar-refractivity contribution in [2.45, 2.75) is 115 Å². The molecular formula is C43H58Cl2N10O8. The highest BCUT2D eigenvalue weighted by Gasteiger charge is 2.30. The molecule has 18 nitrogen and oxygen atoms in total. The number of hydrogen-bond acceptors (Lipinski definition) is 10. The third-order valence-corrected chi connectivity index (χ3v) is 12.2. The average Bonchev–Trinajstić information content (AvgIpc) is 3.46. The number of aromatic nitrogens is 6. The average molecular weight is 914 g/mol. The molecule has 0 atom stereocenters. The summed E-state index contributed by atoms with van der Waals surface area (Å²) in [5, 5.41) is 38.5. The summed E-state index contributed by atoms with van der Waals surface area (Å²) in [6, 6.07) is 9.18. The van der Waals surface area contributed by atoms with Gasteiger partial charge in [0.15, 0.2) is 0 Å². The van der Waals surface area contributed by atoms with E-state index in [1.165, 1.54) is 45.3 Å². The summed E-state index contributed by atoms with van der Waals surface area (Å²) >= 11 is 12.5. The molecule has 2 saturated carbocycles. The lowest BCUT2D eigenvalue weighted by molar-refractivity contribution is -0.129. The lowest BCUT2D eigenvalue weighted by atomic mass is 9.94. The van der Waals surface area contributed by atoms with Crippen LogP contribution in [0.2, 0.25) is 10.0 Å². The zero-order valence-corrected chi connectivity index (χ0v) is 38.0. The molecule has 63 heavy (non-hydrogen) atoms. The van der Waals surface area contributed by atoms with Gasteiger partial charge in [-0.05, 0) is 75.9 Å². The van der Waals surface area contributed by atoms with Gasteiger partial charge in [-0.25, -0.2) is 9.59 Å². The van der Waals surface area contributed by atoms with Crippen molar-refractivity contribution >= 4 is 46.8 Å². The Morgan fingerprint density at radius 1 is 0.667 bits per heavy atom. The van der Waals surface area contributed by atoms with Crippen molar-refractivity contribution in [1.82, 2.24) is 49.5 Å². The number of rotatable bonds is 12. The van der Waals surface area contributed by atoms with Gasteiger partial charge in [-0.15, -0.1) is 0 Å². The first-order valence-corrected chi connectivity index (χ1v) is 22.0. The first kappa shape index (κ1) is 48.7. The normalized spacial score (nSPS) is 15.8. The zero-order chi connectivity index (χ0) is 46.1. The Kier molecular flexibility index (Phi) is 16.5. The molecule has 20 heteroatoms. The van der Waals surface area contributed by atoms with E-state index in [0.717, 1.165) is 60.7 Å². The van der Waals surface area contributed by atoms with Crippen LogP contribution in [0.1, 0.15) is 109 Å². The molecular weight excluding hydrogens is 855 g/mol. The number of aliphatic hydroxyl groups is 2. The van der Waals surface area contributed by atoms with Gasteiger partial charge in [0.1, 0.15) is 24.7 Å². The predicted molar refractivity (Wildman–Crippen MR) is 238 cm³/mol. The Morgan fingerprint density at radius 2 is 1.05 bits per heavy atom. The van der Waals surface area contributed by atoms with Crippen LogP contribution < -0.4 is 27.3 Å². The van der Waals surface area contributed by atoms with Gasteiger partial charge in [-0.3, -0.25) is 28.3 Å². The molecule has 0 bridgehead atoms. The molecule has 2 aliphatic rings. The molecule has 2 heterocycles. The minimum atomic E-state index is -0.915. The van der Waals surface area contributed by atoms with Gasteiger partial charge < -0.3 is 31.1 Å². The number of carbonyl (C=O) groups is 4. The molecule has 0 spiro atoms. The second-order valence-electron chi connectivity index (χ2n) is 16.6. The van der Waals surface area contributed by atoms with Gasteiger partial charge in [0.05, 0.1) is 43.7 Å². The Morgan fingerprint density at radius 3 is 1.41 bits per heavy atom. The maximum absolute atomic E-state index is 12.8. The highest BCUT2D eigenvalue weighted by molar-refractivity contribution is 6.34. The minimum Gasteiger partial charge on any atom is -0.388 e. The molecule has 2 aromatic heterocycles. The molecule has 2 aromatic carbocycles. The van der Waals surface area contributed by atoms with Crippen molar-refractivity contribution in [2.24, 2.45) is 0 Å². The SMILES string of the molecule is CNC(=O)Cn1c(C)nn(-c2ccc(Cl)c(C(=O)NCC3(O)CCCCCC3)c2)c1=O.Cc1nn(-c2ccc(Cl)c(C(=O)NCC3(O)CCCCCC3)c2)c(=O)n1CC(=O)N(C)C. The van der Waals surface area contributed by atoms with Crippen LogP contribution in [0.15, 0.2) is 46.0 Å². The monoisotopic (exact) mass is 912 g/mol. The van der Waals surface area contributed by atoms with Crippen LogP contribution in [-0.2, 0) is 22.7 Å². The molecule has 0 radical (unpaired) electrons. The van der Waals surface area contributed by atoms with Crippen molar-refractivity contribution in [2.75, 3.05) is 34.2 Å². The van der Waals surface area contributed by atoms with Gasteiger partial charge in [0.25, 0.3) is 11.8 Å². The maximum atomic E-state index is 12.8. The van der Waals surface area contributed by atoms with E-state index in [-0.39, 0.29) is 59.2 Å². The Balaban J connectivity index is 0.000000238. The van der Waals surface area contributed by atoms with E-state index in [0.29, 0.717) is 48.7 Å². The van der Waals surface area contributed by atoms with Crippen molar-refractivity contribution in [3.63, 3.8) is 0 Å². The summed E-state index contributed by atoms with van der Waals surface area (Å²) in [4.78, 5) is 76.3. The van der Waals surface area contributed by atoms with Crippen molar-refractivity contribution in [3.8, 4) is 11.4 Å². The molecule has 5 N–H and O–H groups in total. The Labute approximate surface area is 375 Å². The molecule has 2 fully saturated rings. The number of benzene rings is 2. The fourth-order valence-corrected chi connectivity index (χ4v) is 8.04. The van der Waals surface area contributed by atoms with Crippen molar-refractivity contribution in [1.29, 1.82) is 0 Å². The summed E-state index contributed by atoms with van der Waals surface area (Å²) < 4.78 is 4.79. The minimum absolute atomic E-state index is 0.128. The number of hydrogen-bond donors (Lipinski definition) is 5. The van der Waals surface area contributed by atoms with Crippen LogP contribution in [0.3, 0.4) is 0 Å². The molecule has 0 saturated heterocycles. The zero-order valence-electron chi connectivity index (χ0n) is 36.5. The summed E-state index contributed by atoms with van der Waals surface area (Å²) in [6.45, 7) is 3.27. The van der Waals surface area contributed by atoms with E-state index in [2.05, 4.69) is 26.1 Å². The standard InChI is InChI=1S/C22H30ClN5O4.C21H28ClN5O4/c1-15-25-28(21(31)27(15)13-19(29)26(2)3)16-8-9-18(23)17(12-16)20(30)24-14-22(32)10-6-4-5-7-11-22;1-14-25-27(20(30)26(14)12-18(28)23-2)15-7-8-17(22)16(11-15)19(29)24-13-21(31)9-5-3-4-6-10-21/h8-9,12,32H,4-7,10-11,13-14H2,1-3H3,(H,24,30);7-8,11,31H,3-6,9-10,12-13H2,1-2H3,(H,23,28)(H,24,29). The summed E-state index contributed by atoms with van der Waals surface area (Å²) in [5.41, 5.74) is -1.73. The van der Waals surface area contributed by atoms with Crippen LogP contribution in [0.5, 0.6) is 0 Å². The van der Waals surface area contributed by atoms with Crippen molar-refractivity contribution in [3.05, 3.63) is 90.2 Å². The largest absolute Gasteiger partial charge is 0.388 e. The Hall–Kier alpha value is -5.30. The van der Waals surface area contributed by atoms with Crippen LogP contribution in [0.4, 0.5) is 0 Å². The molecule has 0 aliphatic heterocycles. The van der Waals surface area contributed by atoms with Gasteiger partial charge in [-0.2, -0.15) is 19.6 Å². The van der Waals surface area contributed by atoms with E-state index in [1.54, 1.807) is 40.1 Å². The van der Waals surface area contributed by atoms with Gasteiger partial charge >= 0.3 is 11.4 Å². The van der Waals surface area contributed by atoms with Crippen LogP contribution in [-0.4, -0.2) is 113 Å². The number of amides is 4. The summed E-state index contributed by atoms with van der Waals surface area (Å²) in [5.74, 6) is -0.674. The molecule has 4 aromatic rings. The second kappa shape index (κ2) is 21.4. The molecule has 4 amide bonds. The highest BCUT2D eigenvalue weighted by atomic mass is 35.5. The van der Waals surface area contributed by atoms with Gasteiger partial charge in [0.2, 0.25) is 11.8 Å². The van der Waals surface area contributed by atoms with E-state index in [9.17, 15) is 39.0 Å². The van der Waals surface area contributed by atoms with E-state index in [1.807, 2.05) is 0 Å². The van der Waals surface area contributed by atoms with Crippen LogP contribution in [0.25, 0.3) is 11.4 Å². The summed E-state index contributed by atoms with van der Waals surface area (Å²) in [6.07, 6.45) is 10.7.